The summed E-state index contributed by atoms with van der Waals surface area (Å²) in [6.07, 6.45) is 0.970. The summed E-state index contributed by atoms with van der Waals surface area (Å²) < 4.78 is 10.6. The second-order valence-corrected chi connectivity index (χ2v) is 12.7. The summed E-state index contributed by atoms with van der Waals surface area (Å²) in [5, 5.41) is 2.72. The number of amides is 1. The second-order valence-electron chi connectivity index (χ2n) is 7.33. The van der Waals surface area contributed by atoms with E-state index in [0.29, 0.717) is 36.0 Å². The Morgan fingerprint density at radius 3 is 1.80 bits per heavy atom. The average molecular weight is 374 g/mol. The molecule has 0 aliphatic heterocycles. The molecule has 0 aliphatic carbocycles. The van der Waals surface area contributed by atoms with Crippen LogP contribution in [0.25, 0.3) is 0 Å². The van der Waals surface area contributed by atoms with E-state index in [1.165, 1.54) is 0 Å². The summed E-state index contributed by atoms with van der Waals surface area (Å²) in [6, 6.07) is 0. The van der Waals surface area contributed by atoms with Crippen LogP contribution in [-0.2, 0) is 18.8 Å². The molecule has 0 atom stereocenters. The average Bonchev–Trinajstić information content (AvgIpc) is 2.48. The fourth-order valence-corrected chi connectivity index (χ4v) is 8.51. The van der Waals surface area contributed by atoms with Gasteiger partial charge in [0.1, 0.15) is 0 Å². The van der Waals surface area contributed by atoms with E-state index in [2.05, 4.69) is 51.6 Å². The summed E-state index contributed by atoms with van der Waals surface area (Å²) >= 11 is 0. The highest BCUT2D eigenvalue weighted by Crippen LogP contribution is 2.42. The minimum atomic E-state index is -2.25. The van der Waals surface area contributed by atoms with E-state index in [0.717, 1.165) is 0 Å². The van der Waals surface area contributed by atoms with Crippen LogP contribution in [0.5, 0.6) is 0 Å². The van der Waals surface area contributed by atoms with E-state index in [-0.39, 0.29) is 12.8 Å². The van der Waals surface area contributed by atoms with Gasteiger partial charge in [0.15, 0.2) is 0 Å². The van der Waals surface area contributed by atoms with E-state index in [4.69, 9.17) is 4.43 Å². The molecule has 7 heteroatoms. The Hall–Kier alpha value is -1.37. The van der Waals surface area contributed by atoms with E-state index in [9.17, 15) is 14.4 Å². The SMILES string of the molecule is CCCC(=O)OC(=O)CCCNC(=O)O[Si](C(C)C)(C(C)C)C(C)C. The molecule has 0 aromatic carbocycles. The largest absolute Gasteiger partial charge is 0.503 e. The summed E-state index contributed by atoms with van der Waals surface area (Å²) in [6.45, 7) is 14.8. The van der Waals surface area contributed by atoms with Gasteiger partial charge in [-0.2, -0.15) is 0 Å². The molecule has 1 N–H and O–H groups in total. The van der Waals surface area contributed by atoms with Crippen molar-refractivity contribution in [2.24, 2.45) is 0 Å². The van der Waals surface area contributed by atoms with Crippen LogP contribution in [0.3, 0.4) is 0 Å². The molecular formula is C18H35NO5Si. The van der Waals surface area contributed by atoms with Crippen molar-refractivity contribution in [2.75, 3.05) is 6.54 Å². The lowest BCUT2D eigenvalue weighted by Crippen LogP contribution is -2.51. The fourth-order valence-electron chi connectivity index (χ4n) is 3.41. The maximum Gasteiger partial charge on any atom is 0.393 e. The van der Waals surface area contributed by atoms with Crippen LogP contribution in [0.15, 0.2) is 0 Å². The van der Waals surface area contributed by atoms with Crippen LogP contribution in [0.4, 0.5) is 4.79 Å². The monoisotopic (exact) mass is 373 g/mol. The predicted octanol–water partition coefficient (Wildman–Crippen LogP) is 4.54. The third-order valence-electron chi connectivity index (χ3n) is 4.49. The zero-order valence-corrected chi connectivity index (χ0v) is 17.8. The standard InChI is InChI=1S/C18H35NO5Si/c1-8-10-16(20)23-17(21)11-9-12-19-18(22)24-25(13(2)3,14(4)5)15(6)7/h13-15H,8-12H2,1-7H3,(H,19,22). The zero-order chi connectivity index (χ0) is 19.6. The maximum absolute atomic E-state index is 12.2. The number of ether oxygens (including phenoxy) is 1. The molecule has 0 radical (unpaired) electrons. The lowest BCUT2D eigenvalue weighted by molar-refractivity contribution is -0.159. The molecule has 0 saturated heterocycles. The lowest BCUT2D eigenvalue weighted by Gasteiger charge is -2.41. The van der Waals surface area contributed by atoms with E-state index >= 15 is 0 Å². The Morgan fingerprint density at radius 2 is 1.36 bits per heavy atom. The Bertz CT molecular complexity index is 427. The van der Waals surface area contributed by atoms with Gasteiger partial charge in [-0.05, 0) is 29.5 Å². The molecule has 0 saturated carbocycles. The molecule has 1 amide bonds. The summed E-state index contributed by atoms with van der Waals surface area (Å²) in [4.78, 5) is 34.9. The third-order valence-corrected chi connectivity index (χ3v) is 10.4. The van der Waals surface area contributed by atoms with Crippen LogP contribution in [0.1, 0.15) is 74.1 Å². The molecule has 0 fully saturated rings. The molecule has 0 unspecified atom stereocenters. The third kappa shape index (κ3) is 7.58. The molecule has 0 bridgehead atoms. The van der Waals surface area contributed by atoms with Gasteiger partial charge < -0.3 is 14.5 Å². The van der Waals surface area contributed by atoms with Crippen LogP contribution in [0.2, 0.25) is 16.6 Å². The van der Waals surface area contributed by atoms with E-state index in [1.54, 1.807) is 0 Å². The van der Waals surface area contributed by atoms with Crippen LogP contribution < -0.4 is 5.32 Å². The molecule has 0 aromatic heterocycles. The molecule has 146 valence electrons. The Labute approximate surface area is 153 Å². The molecule has 0 aliphatic rings. The first-order valence-corrected chi connectivity index (χ1v) is 11.4. The van der Waals surface area contributed by atoms with Crippen molar-refractivity contribution >= 4 is 26.3 Å². The lowest BCUT2D eigenvalue weighted by atomic mass is 10.3. The number of carbonyl (C=O) groups is 3. The number of esters is 2. The summed E-state index contributed by atoms with van der Waals surface area (Å²) in [7, 11) is -2.25. The molecular weight excluding hydrogens is 338 g/mol. The van der Waals surface area contributed by atoms with Crippen molar-refractivity contribution < 1.29 is 23.5 Å². The van der Waals surface area contributed by atoms with Crippen molar-refractivity contribution in [1.82, 2.24) is 5.32 Å². The zero-order valence-electron chi connectivity index (χ0n) is 16.8. The van der Waals surface area contributed by atoms with Crippen molar-refractivity contribution in [3.8, 4) is 0 Å². The molecule has 0 aromatic rings. The Morgan fingerprint density at radius 1 is 0.880 bits per heavy atom. The molecule has 25 heavy (non-hydrogen) atoms. The van der Waals surface area contributed by atoms with Crippen molar-refractivity contribution in [3.63, 3.8) is 0 Å². The molecule has 0 heterocycles. The Balaban J connectivity index is 4.38. The quantitative estimate of drug-likeness (QED) is 0.263. The van der Waals surface area contributed by atoms with Crippen LogP contribution >= 0.6 is 0 Å². The van der Waals surface area contributed by atoms with Crippen molar-refractivity contribution in [2.45, 2.75) is 90.8 Å². The first-order valence-electron chi connectivity index (χ1n) is 9.28. The summed E-state index contributed by atoms with van der Waals surface area (Å²) in [5.41, 5.74) is 0.952. The van der Waals surface area contributed by atoms with Crippen LogP contribution in [-0.4, -0.2) is 32.9 Å². The van der Waals surface area contributed by atoms with Gasteiger partial charge in [0, 0.05) is 19.4 Å². The van der Waals surface area contributed by atoms with Gasteiger partial charge in [0.2, 0.25) is 0 Å². The minimum Gasteiger partial charge on any atom is -0.503 e. The van der Waals surface area contributed by atoms with Gasteiger partial charge in [-0.15, -0.1) is 0 Å². The van der Waals surface area contributed by atoms with Gasteiger partial charge >= 0.3 is 18.0 Å². The molecule has 6 nitrogen and oxygen atoms in total. The van der Waals surface area contributed by atoms with Crippen molar-refractivity contribution in [1.29, 1.82) is 0 Å². The first kappa shape index (κ1) is 23.6. The predicted molar refractivity (Wildman–Crippen MR) is 101 cm³/mol. The van der Waals surface area contributed by atoms with Gasteiger partial charge in [0.05, 0.1) is 0 Å². The van der Waals surface area contributed by atoms with E-state index in [1.807, 2.05) is 6.92 Å². The van der Waals surface area contributed by atoms with Gasteiger partial charge in [-0.3, -0.25) is 9.59 Å². The smallest absolute Gasteiger partial charge is 0.393 e. The number of hydrogen-bond acceptors (Lipinski definition) is 5. The normalized spacial score (nSPS) is 11.8. The van der Waals surface area contributed by atoms with Crippen LogP contribution in [0, 0.1) is 0 Å². The van der Waals surface area contributed by atoms with Gasteiger partial charge in [0.25, 0.3) is 8.32 Å². The maximum atomic E-state index is 12.2. The second kappa shape index (κ2) is 11.3. The molecule has 0 spiro atoms. The summed E-state index contributed by atoms with van der Waals surface area (Å²) in [5.74, 6) is -1.05. The number of nitrogens with one attached hydrogen (secondary N) is 1. The first-order chi connectivity index (χ1) is 11.6. The topological polar surface area (TPSA) is 81.7 Å². The van der Waals surface area contributed by atoms with Crippen molar-refractivity contribution in [3.05, 3.63) is 0 Å². The fraction of sp³-hybridized carbons (Fsp3) is 0.833. The highest BCUT2D eigenvalue weighted by molar-refractivity contribution is 6.78. The number of rotatable bonds is 10. The van der Waals surface area contributed by atoms with Gasteiger partial charge in [-0.1, -0.05) is 48.5 Å². The highest BCUT2D eigenvalue weighted by atomic mass is 28.4. The highest BCUT2D eigenvalue weighted by Gasteiger charge is 2.48. The Kier molecular flexibility index (Phi) is 10.7. The number of carbonyl (C=O) groups excluding carboxylic acids is 3. The van der Waals surface area contributed by atoms with Gasteiger partial charge in [-0.25, -0.2) is 4.79 Å². The minimum absolute atomic E-state index is 0.0941. The molecule has 0 rings (SSSR count). The van der Waals surface area contributed by atoms with E-state index < -0.39 is 26.3 Å². The number of hydrogen-bond donors (Lipinski definition) is 1.